The molecular formula is C37H53N7O5SSi. The zero-order valence-corrected chi connectivity index (χ0v) is 32.3. The second-order valence-corrected chi connectivity index (χ2v) is 23.8. The number of urea groups is 1. The van der Waals surface area contributed by atoms with Gasteiger partial charge in [-0.1, -0.05) is 51.7 Å². The highest BCUT2D eigenvalue weighted by atomic mass is 32.2. The highest BCUT2D eigenvalue weighted by molar-refractivity contribution is 7.91. The lowest BCUT2D eigenvalue weighted by molar-refractivity contribution is -0.135. The predicted octanol–water partition coefficient (Wildman–Crippen LogP) is 4.82. The summed E-state index contributed by atoms with van der Waals surface area (Å²) in [6, 6.07) is 13.6. The summed E-state index contributed by atoms with van der Waals surface area (Å²) in [6.45, 7) is 14.7. The molecule has 0 bridgehead atoms. The minimum absolute atomic E-state index is 0.0643. The van der Waals surface area contributed by atoms with Crippen LogP contribution in [0.4, 0.5) is 4.79 Å². The predicted molar refractivity (Wildman–Crippen MR) is 206 cm³/mol. The minimum atomic E-state index is -3.92. The van der Waals surface area contributed by atoms with E-state index in [0.29, 0.717) is 69.6 Å². The van der Waals surface area contributed by atoms with Gasteiger partial charge in [0.25, 0.3) is 0 Å². The van der Waals surface area contributed by atoms with Gasteiger partial charge >= 0.3 is 11.7 Å². The lowest BCUT2D eigenvalue weighted by Crippen LogP contribution is -2.59. The number of piperazine rings is 1. The number of para-hydroxylation sites is 2. The maximum absolute atomic E-state index is 14.7. The smallest absolute Gasteiger partial charge is 0.326 e. The van der Waals surface area contributed by atoms with Gasteiger partial charge < -0.3 is 25.1 Å². The number of rotatable bonds is 11. The quantitative estimate of drug-likeness (QED) is 0.189. The first-order valence-electron chi connectivity index (χ1n) is 18.2. The van der Waals surface area contributed by atoms with Crippen LogP contribution >= 0.6 is 0 Å². The summed E-state index contributed by atoms with van der Waals surface area (Å²) in [7, 11) is -5.70. The summed E-state index contributed by atoms with van der Waals surface area (Å²) in [5.74, 6) is 0.0521. The monoisotopic (exact) mass is 735 g/mol. The average molecular weight is 736 g/mol. The van der Waals surface area contributed by atoms with E-state index in [2.05, 4.69) is 53.7 Å². The Morgan fingerprint density at radius 2 is 1.63 bits per heavy atom. The first-order chi connectivity index (χ1) is 24.2. The zero-order chi connectivity index (χ0) is 36.5. The summed E-state index contributed by atoms with van der Waals surface area (Å²) in [4.78, 5) is 53.5. The van der Waals surface area contributed by atoms with Gasteiger partial charge in [-0.15, -0.1) is 0 Å². The van der Waals surface area contributed by atoms with Crippen LogP contribution in [-0.2, 0) is 14.6 Å². The average Bonchev–Trinajstić information content (AvgIpc) is 3.69. The summed E-state index contributed by atoms with van der Waals surface area (Å²) < 4.78 is 30.9. The molecule has 2 atom stereocenters. The van der Waals surface area contributed by atoms with Gasteiger partial charge in [-0.25, -0.2) is 18.0 Å². The van der Waals surface area contributed by atoms with Crippen LogP contribution in [-0.4, -0.2) is 115 Å². The molecule has 2 unspecified atom stereocenters. The van der Waals surface area contributed by atoms with Crippen LogP contribution in [0.3, 0.4) is 0 Å². The molecule has 12 nitrogen and oxygen atoms in total. The standard InChI is InChI=1S/C37H53N7O5SSi/c1-26(2)25-41-18-20-42(21-19-41)35(45)33(34(50(48,49)22-23-51(3,4)5)28-10-11-30-27(24-28)12-15-38-30)40-36(46)43-16-13-29(14-17-43)44-32-9-7-6-8-31(32)39-37(44)47/h6-12,15,24,26,29,33-34,38H,13-14,16-23,25H2,1-5H3,(H,39,47)(H,40,46). The van der Waals surface area contributed by atoms with Gasteiger partial charge in [-0.2, -0.15) is 0 Å². The third-order valence-corrected chi connectivity index (χ3v) is 14.5. The number of hydrogen-bond donors (Lipinski definition) is 3. The number of hydrogen-bond acceptors (Lipinski definition) is 6. The SMILES string of the molecule is CC(C)CN1CCN(C(=O)C(NC(=O)N2CCC(n3c(=O)[nH]c4ccccc43)CC2)C(c2ccc3[nH]ccc3c2)S(=O)(=O)CC[Si](C)(C)C)CC1. The summed E-state index contributed by atoms with van der Waals surface area (Å²) in [5, 5.41) is 2.57. The van der Waals surface area contributed by atoms with E-state index in [0.717, 1.165) is 28.5 Å². The highest BCUT2D eigenvalue weighted by Gasteiger charge is 2.44. The van der Waals surface area contributed by atoms with Crippen LogP contribution in [0.25, 0.3) is 21.9 Å². The number of aromatic amines is 2. The number of carbonyl (C=O) groups excluding carboxylic acids is 2. The number of likely N-dealkylation sites (tertiary alicyclic amines) is 1. The lowest BCUT2D eigenvalue weighted by Gasteiger charge is -2.39. The molecule has 2 fully saturated rings. The lowest BCUT2D eigenvalue weighted by atomic mass is 10.0. The molecular weight excluding hydrogens is 683 g/mol. The Bertz CT molecular complexity index is 2020. The fourth-order valence-corrected chi connectivity index (χ4v) is 12.6. The van der Waals surface area contributed by atoms with E-state index in [9.17, 15) is 22.8 Å². The number of sulfone groups is 1. The van der Waals surface area contributed by atoms with Gasteiger partial charge in [-0.3, -0.25) is 14.3 Å². The molecule has 0 radical (unpaired) electrons. The molecule has 0 spiro atoms. The second kappa shape index (κ2) is 15.0. The van der Waals surface area contributed by atoms with Crippen molar-refractivity contribution in [1.29, 1.82) is 0 Å². The topological polar surface area (TPSA) is 144 Å². The number of fused-ring (bicyclic) bond motifs is 2. The van der Waals surface area contributed by atoms with Crippen molar-refractivity contribution >= 4 is 51.8 Å². The van der Waals surface area contributed by atoms with Gasteiger partial charge in [0.15, 0.2) is 9.84 Å². The summed E-state index contributed by atoms with van der Waals surface area (Å²) in [5.41, 5.74) is 2.78. The van der Waals surface area contributed by atoms with E-state index in [1.54, 1.807) is 26.6 Å². The molecule has 6 rings (SSSR count). The van der Waals surface area contributed by atoms with Crippen LogP contribution in [0.5, 0.6) is 0 Å². The van der Waals surface area contributed by atoms with Crippen molar-refractivity contribution in [2.24, 2.45) is 5.92 Å². The summed E-state index contributed by atoms with van der Waals surface area (Å²) in [6.07, 6.45) is 2.90. The Hall–Kier alpha value is -3.88. The number of imidazole rings is 1. The van der Waals surface area contributed by atoms with Gasteiger partial charge in [0.05, 0.1) is 11.0 Å². The molecule has 2 aromatic heterocycles. The number of nitrogens with zero attached hydrogens (tertiary/aromatic N) is 4. The minimum Gasteiger partial charge on any atom is -0.361 e. The van der Waals surface area contributed by atoms with E-state index in [1.165, 1.54) is 0 Å². The number of amides is 3. The zero-order valence-electron chi connectivity index (χ0n) is 30.5. The van der Waals surface area contributed by atoms with E-state index in [-0.39, 0.29) is 23.4 Å². The third-order valence-electron chi connectivity index (χ3n) is 10.3. The molecule has 3 amide bonds. The maximum Gasteiger partial charge on any atom is 0.326 e. The molecule has 276 valence electrons. The van der Waals surface area contributed by atoms with Crippen molar-refractivity contribution < 1.29 is 18.0 Å². The highest BCUT2D eigenvalue weighted by Crippen LogP contribution is 2.33. The van der Waals surface area contributed by atoms with Crippen LogP contribution in [0.15, 0.2) is 59.5 Å². The van der Waals surface area contributed by atoms with E-state index >= 15 is 0 Å². The maximum atomic E-state index is 14.7. The van der Waals surface area contributed by atoms with E-state index < -0.39 is 35.2 Å². The fourth-order valence-electron chi connectivity index (χ4n) is 7.55. The third kappa shape index (κ3) is 8.44. The van der Waals surface area contributed by atoms with Crippen molar-refractivity contribution in [2.45, 2.75) is 69.7 Å². The second-order valence-electron chi connectivity index (χ2n) is 15.9. The van der Waals surface area contributed by atoms with Crippen molar-refractivity contribution in [1.82, 2.24) is 34.6 Å². The number of nitrogens with one attached hydrogen (secondary N) is 3. The van der Waals surface area contributed by atoms with Gasteiger partial charge in [0, 0.05) is 77.4 Å². The van der Waals surface area contributed by atoms with Crippen molar-refractivity contribution in [3.05, 3.63) is 70.8 Å². The molecule has 2 aromatic carbocycles. The Morgan fingerprint density at radius 3 is 2.31 bits per heavy atom. The Morgan fingerprint density at radius 1 is 0.922 bits per heavy atom. The fraction of sp³-hybridized carbons (Fsp3) is 0.541. The van der Waals surface area contributed by atoms with Gasteiger partial charge in [0.1, 0.15) is 11.3 Å². The first-order valence-corrected chi connectivity index (χ1v) is 23.7. The normalized spacial score (nSPS) is 18.1. The molecule has 0 saturated carbocycles. The van der Waals surface area contributed by atoms with E-state index in [1.807, 2.05) is 42.5 Å². The Kier molecular flexibility index (Phi) is 10.8. The Labute approximate surface area is 301 Å². The molecule has 4 aromatic rings. The largest absolute Gasteiger partial charge is 0.361 e. The van der Waals surface area contributed by atoms with Crippen molar-refractivity contribution in [3.63, 3.8) is 0 Å². The molecule has 2 aliphatic rings. The number of H-pyrrole nitrogens is 2. The van der Waals surface area contributed by atoms with E-state index in [4.69, 9.17) is 0 Å². The Balaban J connectivity index is 1.29. The molecule has 2 saturated heterocycles. The molecule has 3 N–H and O–H groups in total. The molecule has 4 heterocycles. The molecule has 14 heteroatoms. The number of benzene rings is 2. The van der Waals surface area contributed by atoms with Gasteiger partial charge in [0.2, 0.25) is 5.91 Å². The van der Waals surface area contributed by atoms with Crippen LogP contribution < -0.4 is 11.0 Å². The van der Waals surface area contributed by atoms with Crippen LogP contribution in [0.1, 0.15) is 43.5 Å². The van der Waals surface area contributed by atoms with Crippen molar-refractivity contribution in [3.8, 4) is 0 Å². The number of aromatic nitrogens is 3. The van der Waals surface area contributed by atoms with Crippen LogP contribution in [0.2, 0.25) is 25.7 Å². The van der Waals surface area contributed by atoms with Crippen molar-refractivity contribution in [2.75, 3.05) is 51.6 Å². The van der Waals surface area contributed by atoms with Crippen LogP contribution in [0, 0.1) is 5.92 Å². The van der Waals surface area contributed by atoms with Gasteiger partial charge in [-0.05, 0) is 66.1 Å². The number of carbonyl (C=O) groups is 2. The molecule has 51 heavy (non-hydrogen) atoms. The molecule has 2 aliphatic heterocycles. The first kappa shape index (κ1) is 36.9. The number of piperidine rings is 1. The molecule has 0 aliphatic carbocycles. The summed E-state index contributed by atoms with van der Waals surface area (Å²) >= 11 is 0.